The fourth-order valence-electron chi connectivity index (χ4n) is 2.76. The van der Waals surface area contributed by atoms with Gasteiger partial charge in [-0.05, 0) is 47.4 Å². The first kappa shape index (κ1) is 11.7. The summed E-state index contributed by atoms with van der Waals surface area (Å²) in [6.07, 6.45) is 2.77. The van der Waals surface area contributed by atoms with Gasteiger partial charge in [-0.1, -0.05) is 31.2 Å². The predicted molar refractivity (Wildman–Crippen MR) is 75.4 cm³/mol. The maximum Gasteiger partial charge on any atom is 0.176 e. The molecule has 0 amide bonds. The Labute approximate surface area is 111 Å². The van der Waals surface area contributed by atoms with Gasteiger partial charge in [0.1, 0.15) is 0 Å². The number of fused-ring (bicyclic) bond motifs is 1. The third kappa shape index (κ3) is 1.91. The van der Waals surface area contributed by atoms with E-state index in [1.165, 1.54) is 16.7 Å². The second-order valence-electron chi connectivity index (χ2n) is 4.87. The number of thiophene rings is 1. The van der Waals surface area contributed by atoms with Gasteiger partial charge in [0, 0.05) is 5.92 Å². The van der Waals surface area contributed by atoms with Crippen LogP contribution in [-0.2, 0) is 19.3 Å². The third-order valence-corrected chi connectivity index (χ3v) is 4.74. The zero-order chi connectivity index (χ0) is 12.5. The summed E-state index contributed by atoms with van der Waals surface area (Å²) in [5.41, 5.74) is 3.91. The minimum Gasteiger partial charge on any atom is -0.293 e. The SMILES string of the molecule is CCc1ccsc1C(=O)C1Cc2ccccc2C1. The normalized spacial score (nSPS) is 14.7. The number of rotatable bonds is 3. The van der Waals surface area contributed by atoms with Crippen molar-refractivity contribution in [2.24, 2.45) is 5.92 Å². The average molecular weight is 256 g/mol. The molecule has 1 nitrogen and oxygen atoms in total. The predicted octanol–water partition coefficient (Wildman–Crippen LogP) is 3.91. The van der Waals surface area contributed by atoms with Crippen LogP contribution in [0.15, 0.2) is 35.7 Å². The zero-order valence-electron chi connectivity index (χ0n) is 10.5. The first-order chi connectivity index (χ1) is 8.79. The monoisotopic (exact) mass is 256 g/mol. The number of hydrogen-bond acceptors (Lipinski definition) is 2. The molecule has 1 heterocycles. The molecule has 0 unspecified atom stereocenters. The van der Waals surface area contributed by atoms with E-state index in [0.29, 0.717) is 5.78 Å². The molecule has 2 aromatic rings. The van der Waals surface area contributed by atoms with E-state index >= 15 is 0 Å². The van der Waals surface area contributed by atoms with Crippen molar-refractivity contribution in [3.05, 3.63) is 57.3 Å². The second-order valence-corrected chi connectivity index (χ2v) is 5.78. The maximum atomic E-state index is 12.6. The van der Waals surface area contributed by atoms with Crippen molar-refractivity contribution in [2.75, 3.05) is 0 Å². The highest BCUT2D eigenvalue weighted by atomic mass is 32.1. The van der Waals surface area contributed by atoms with Crippen LogP contribution < -0.4 is 0 Å². The smallest absolute Gasteiger partial charge is 0.176 e. The van der Waals surface area contributed by atoms with Crippen molar-refractivity contribution in [1.29, 1.82) is 0 Å². The highest BCUT2D eigenvalue weighted by Crippen LogP contribution is 2.31. The van der Waals surface area contributed by atoms with E-state index < -0.39 is 0 Å². The van der Waals surface area contributed by atoms with E-state index in [1.54, 1.807) is 11.3 Å². The number of aryl methyl sites for hydroxylation is 1. The zero-order valence-corrected chi connectivity index (χ0v) is 11.3. The Hall–Kier alpha value is -1.41. The summed E-state index contributed by atoms with van der Waals surface area (Å²) in [6, 6.07) is 10.5. The van der Waals surface area contributed by atoms with Gasteiger partial charge in [-0.25, -0.2) is 0 Å². The fourth-order valence-corrected chi connectivity index (χ4v) is 3.77. The van der Waals surface area contributed by atoms with Crippen LogP contribution in [0, 0.1) is 5.92 Å². The van der Waals surface area contributed by atoms with Crippen LogP contribution in [0.4, 0.5) is 0 Å². The lowest BCUT2D eigenvalue weighted by Crippen LogP contribution is -2.15. The second kappa shape index (κ2) is 4.69. The van der Waals surface area contributed by atoms with Crippen LogP contribution in [0.3, 0.4) is 0 Å². The molecule has 0 saturated carbocycles. The molecule has 0 atom stereocenters. The summed E-state index contributed by atoms with van der Waals surface area (Å²) < 4.78 is 0. The Kier molecular flexibility index (Phi) is 3.04. The number of hydrogen-bond donors (Lipinski definition) is 0. The van der Waals surface area contributed by atoms with Crippen LogP contribution in [0.5, 0.6) is 0 Å². The fraction of sp³-hybridized carbons (Fsp3) is 0.312. The molecule has 3 rings (SSSR count). The molecule has 0 bridgehead atoms. The van der Waals surface area contributed by atoms with E-state index in [0.717, 1.165) is 24.1 Å². The first-order valence-electron chi connectivity index (χ1n) is 6.47. The highest BCUT2D eigenvalue weighted by molar-refractivity contribution is 7.12. The molecule has 0 N–H and O–H groups in total. The van der Waals surface area contributed by atoms with Gasteiger partial charge < -0.3 is 0 Å². The summed E-state index contributed by atoms with van der Waals surface area (Å²) in [5.74, 6) is 0.504. The van der Waals surface area contributed by atoms with Crippen LogP contribution >= 0.6 is 11.3 Å². The molecule has 0 spiro atoms. The molecule has 1 aromatic carbocycles. The molecular weight excluding hydrogens is 240 g/mol. The third-order valence-electron chi connectivity index (χ3n) is 3.77. The minimum absolute atomic E-state index is 0.159. The van der Waals surface area contributed by atoms with E-state index in [2.05, 4.69) is 37.3 Å². The van der Waals surface area contributed by atoms with Gasteiger partial charge in [-0.3, -0.25) is 4.79 Å². The van der Waals surface area contributed by atoms with Crippen molar-refractivity contribution in [2.45, 2.75) is 26.2 Å². The van der Waals surface area contributed by atoms with Crippen molar-refractivity contribution >= 4 is 17.1 Å². The number of carbonyl (C=O) groups excluding carboxylic acids is 1. The molecule has 1 aliphatic rings. The number of carbonyl (C=O) groups is 1. The Morgan fingerprint density at radius 1 is 1.22 bits per heavy atom. The van der Waals surface area contributed by atoms with Crippen LogP contribution in [0.1, 0.15) is 33.3 Å². The van der Waals surface area contributed by atoms with E-state index in [-0.39, 0.29) is 5.92 Å². The largest absolute Gasteiger partial charge is 0.293 e. The minimum atomic E-state index is 0.159. The van der Waals surface area contributed by atoms with Crippen LogP contribution in [-0.4, -0.2) is 5.78 Å². The van der Waals surface area contributed by atoms with Gasteiger partial charge in [0.15, 0.2) is 5.78 Å². The van der Waals surface area contributed by atoms with Crippen molar-refractivity contribution in [1.82, 2.24) is 0 Å². The molecule has 0 saturated heterocycles. The lowest BCUT2D eigenvalue weighted by atomic mass is 9.97. The Morgan fingerprint density at radius 3 is 2.50 bits per heavy atom. The molecule has 2 heteroatoms. The van der Waals surface area contributed by atoms with Crippen molar-refractivity contribution < 1.29 is 4.79 Å². The van der Waals surface area contributed by atoms with Crippen LogP contribution in [0.2, 0.25) is 0 Å². The van der Waals surface area contributed by atoms with Crippen molar-refractivity contribution in [3.8, 4) is 0 Å². The summed E-state index contributed by atoms with van der Waals surface area (Å²) in [4.78, 5) is 13.5. The standard InChI is InChI=1S/C16H16OS/c1-2-11-7-8-18-16(11)15(17)14-9-12-5-3-4-6-13(12)10-14/h3-8,14H,2,9-10H2,1H3. The summed E-state index contributed by atoms with van der Waals surface area (Å²) >= 11 is 1.60. The van der Waals surface area contributed by atoms with Gasteiger partial charge in [0.25, 0.3) is 0 Å². The lowest BCUT2D eigenvalue weighted by molar-refractivity contribution is 0.0928. The van der Waals surface area contributed by atoms with Gasteiger partial charge in [0.2, 0.25) is 0 Å². The number of ketones is 1. The molecule has 18 heavy (non-hydrogen) atoms. The van der Waals surface area contributed by atoms with E-state index in [4.69, 9.17) is 0 Å². The Balaban J connectivity index is 1.85. The molecule has 0 fully saturated rings. The molecule has 1 aliphatic carbocycles. The lowest BCUT2D eigenvalue weighted by Gasteiger charge is -2.07. The molecule has 92 valence electrons. The topological polar surface area (TPSA) is 17.1 Å². The highest BCUT2D eigenvalue weighted by Gasteiger charge is 2.29. The molecule has 1 aromatic heterocycles. The Morgan fingerprint density at radius 2 is 1.89 bits per heavy atom. The van der Waals surface area contributed by atoms with Gasteiger partial charge >= 0.3 is 0 Å². The quantitative estimate of drug-likeness (QED) is 0.761. The Bertz CT molecular complexity index is 557. The molecule has 0 aliphatic heterocycles. The van der Waals surface area contributed by atoms with E-state index in [1.807, 2.05) is 5.38 Å². The summed E-state index contributed by atoms with van der Waals surface area (Å²) in [7, 11) is 0. The summed E-state index contributed by atoms with van der Waals surface area (Å²) in [6.45, 7) is 2.11. The van der Waals surface area contributed by atoms with Crippen LogP contribution in [0.25, 0.3) is 0 Å². The van der Waals surface area contributed by atoms with Crippen molar-refractivity contribution in [3.63, 3.8) is 0 Å². The number of Topliss-reactive ketones (excluding diaryl/α,β-unsaturated/α-hetero) is 1. The molecular formula is C16H16OS. The van der Waals surface area contributed by atoms with Gasteiger partial charge in [0.05, 0.1) is 4.88 Å². The maximum absolute atomic E-state index is 12.6. The van der Waals surface area contributed by atoms with Gasteiger partial charge in [-0.15, -0.1) is 11.3 Å². The molecule has 0 radical (unpaired) electrons. The first-order valence-corrected chi connectivity index (χ1v) is 7.35. The average Bonchev–Trinajstić information content (AvgIpc) is 3.03. The summed E-state index contributed by atoms with van der Waals surface area (Å²) in [5, 5.41) is 2.04. The number of benzene rings is 1. The van der Waals surface area contributed by atoms with Gasteiger partial charge in [-0.2, -0.15) is 0 Å². The van der Waals surface area contributed by atoms with E-state index in [9.17, 15) is 4.79 Å².